The summed E-state index contributed by atoms with van der Waals surface area (Å²) in [5, 5.41) is 29.8. The lowest BCUT2D eigenvalue weighted by molar-refractivity contribution is -0.384. The topological polar surface area (TPSA) is 113 Å². The first-order chi connectivity index (χ1) is 11.9. The van der Waals surface area contributed by atoms with Gasteiger partial charge in [-0.3, -0.25) is 14.9 Å². The molecule has 0 aliphatic rings. The number of non-ortho nitro benzene ring substituents is 1. The molecule has 0 fully saturated rings. The Morgan fingerprint density at radius 2 is 2.12 bits per heavy atom. The number of ketones is 1. The van der Waals surface area contributed by atoms with Crippen LogP contribution in [0.4, 0.5) is 5.69 Å². The normalized spacial score (nSPS) is 10.8. The third-order valence-corrected chi connectivity index (χ3v) is 3.55. The van der Waals surface area contributed by atoms with Crippen molar-refractivity contribution in [2.75, 3.05) is 7.11 Å². The highest BCUT2D eigenvalue weighted by molar-refractivity contribution is 6.32. The van der Waals surface area contributed by atoms with Crippen LogP contribution in [0.25, 0.3) is 6.08 Å². The highest BCUT2D eigenvalue weighted by atomic mass is 35.5. The van der Waals surface area contributed by atoms with Crippen LogP contribution in [0.5, 0.6) is 11.5 Å². The van der Waals surface area contributed by atoms with Gasteiger partial charge in [0.05, 0.1) is 17.1 Å². The van der Waals surface area contributed by atoms with Crippen LogP contribution in [0.3, 0.4) is 0 Å². The molecule has 8 heteroatoms. The van der Waals surface area contributed by atoms with E-state index in [1.54, 1.807) is 6.07 Å². The molecule has 7 nitrogen and oxygen atoms in total. The summed E-state index contributed by atoms with van der Waals surface area (Å²) < 4.78 is 4.96. The second kappa shape index (κ2) is 7.47. The smallest absolute Gasteiger partial charge is 0.270 e. The molecule has 0 aromatic heterocycles. The first kappa shape index (κ1) is 18.0. The van der Waals surface area contributed by atoms with Gasteiger partial charge in [0.15, 0.2) is 11.5 Å². The number of carbonyl (C=O) groups excluding carboxylic acids is 1. The van der Waals surface area contributed by atoms with E-state index in [1.807, 2.05) is 0 Å². The SMILES string of the molecule is COc1cc(/C=C(\C#N)C(=O)c2cccc([N+](=O)[O-])c2)cc(Cl)c1O. The fourth-order valence-electron chi connectivity index (χ4n) is 2.06. The number of hydrogen-bond acceptors (Lipinski definition) is 6. The first-order valence-electron chi connectivity index (χ1n) is 6.84. The lowest BCUT2D eigenvalue weighted by Gasteiger charge is -2.07. The summed E-state index contributed by atoms with van der Waals surface area (Å²) in [5.41, 5.74) is -0.129. The van der Waals surface area contributed by atoms with Gasteiger partial charge in [0.2, 0.25) is 5.78 Å². The molecule has 0 amide bonds. The summed E-state index contributed by atoms with van der Waals surface area (Å²) in [6.07, 6.45) is 1.26. The van der Waals surface area contributed by atoms with E-state index in [4.69, 9.17) is 16.3 Å². The summed E-state index contributed by atoms with van der Waals surface area (Å²) in [6.45, 7) is 0. The van der Waals surface area contributed by atoms with Crippen molar-refractivity contribution in [2.45, 2.75) is 0 Å². The monoisotopic (exact) mass is 358 g/mol. The number of ether oxygens (including phenoxy) is 1. The minimum absolute atomic E-state index is 0.00862. The maximum atomic E-state index is 12.4. The third kappa shape index (κ3) is 3.94. The van der Waals surface area contributed by atoms with E-state index in [1.165, 1.54) is 43.5 Å². The lowest BCUT2D eigenvalue weighted by atomic mass is 10.0. The van der Waals surface area contributed by atoms with Gasteiger partial charge in [-0.2, -0.15) is 5.26 Å². The summed E-state index contributed by atoms with van der Waals surface area (Å²) in [4.78, 5) is 22.6. The van der Waals surface area contributed by atoms with Gasteiger partial charge in [0.1, 0.15) is 11.6 Å². The number of allylic oxidation sites excluding steroid dienone is 1. The fourth-order valence-corrected chi connectivity index (χ4v) is 2.28. The Labute approximate surface area is 147 Å². The van der Waals surface area contributed by atoms with Crippen LogP contribution >= 0.6 is 11.6 Å². The molecular formula is C17H11ClN2O5. The van der Waals surface area contributed by atoms with Crippen LogP contribution in [-0.4, -0.2) is 22.9 Å². The molecule has 0 radical (unpaired) electrons. The molecule has 25 heavy (non-hydrogen) atoms. The van der Waals surface area contributed by atoms with E-state index in [0.29, 0.717) is 5.56 Å². The standard InChI is InChI=1S/C17H11ClN2O5/c1-25-15-7-10(6-14(18)17(15)22)5-12(9-19)16(21)11-3-2-4-13(8-11)20(23)24/h2-8,22H,1H3/b12-5+. The molecule has 1 N–H and O–H groups in total. The number of phenols is 1. The number of hydrogen-bond donors (Lipinski definition) is 1. The number of methoxy groups -OCH3 is 1. The number of Topliss-reactive ketones (excluding diaryl/α,β-unsaturated/α-hetero) is 1. The number of rotatable bonds is 5. The number of nitro benzene ring substituents is 1. The van der Waals surface area contributed by atoms with Gasteiger partial charge in [-0.05, 0) is 23.8 Å². The van der Waals surface area contributed by atoms with Crippen molar-refractivity contribution in [1.82, 2.24) is 0 Å². The predicted molar refractivity (Wildman–Crippen MR) is 90.7 cm³/mol. The Bertz CT molecular complexity index is 931. The van der Waals surface area contributed by atoms with Crippen molar-refractivity contribution in [3.63, 3.8) is 0 Å². The molecule has 0 bridgehead atoms. The molecule has 2 aromatic carbocycles. The Balaban J connectivity index is 2.46. The average molecular weight is 359 g/mol. The van der Waals surface area contributed by atoms with Crippen molar-refractivity contribution in [1.29, 1.82) is 5.26 Å². The number of phenolic OH excluding ortho intramolecular Hbond substituents is 1. The molecule has 0 saturated carbocycles. The number of nitriles is 1. The van der Waals surface area contributed by atoms with Crippen molar-refractivity contribution in [3.05, 3.63) is 68.2 Å². The molecular weight excluding hydrogens is 348 g/mol. The van der Waals surface area contributed by atoms with Crippen LogP contribution < -0.4 is 4.74 Å². The van der Waals surface area contributed by atoms with E-state index >= 15 is 0 Å². The molecule has 0 unspecified atom stereocenters. The zero-order valence-corrected chi connectivity index (χ0v) is 13.6. The number of carbonyl (C=O) groups is 1. The molecule has 0 aliphatic carbocycles. The number of nitro groups is 1. The molecule has 0 atom stereocenters. The van der Waals surface area contributed by atoms with Crippen LogP contribution in [0, 0.1) is 21.4 Å². The second-order valence-electron chi connectivity index (χ2n) is 4.86. The fraction of sp³-hybridized carbons (Fsp3) is 0.0588. The van der Waals surface area contributed by atoms with E-state index in [2.05, 4.69) is 0 Å². The predicted octanol–water partition coefficient (Wildman–Crippen LogP) is 3.75. The third-order valence-electron chi connectivity index (χ3n) is 3.27. The Kier molecular flexibility index (Phi) is 5.37. The number of benzene rings is 2. The van der Waals surface area contributed by atoms with Gasteiger partial charge in [0, 0.05) is 17.7 Å². The van der Waals surface area contributed by atoms with E-state index in [9.17, 15) is 25.3 Å². The Morgan fingerprint density at radius 1 is 1.40 bits per heavy atom. The van der Waals surface area contributed by atoms with Crippen molar-refractivity contribution >= 4 is 29.1 Å². The average Bonchev–Trinajstić information content (AvgIpc) is 2.61. The molecule has 0 spiro atoms. The number of halogens is 1. The molecule has 0 heterocycles. The van der Waals surface area contributed by atoms with E-state index < -0.39 is 10.7 Å². The minimum Gasteiger partial charge on any atom is -0.503 e. The zero-order chi connectivity index (χ0) is 18.6. The number of nitrogens with zero attached hydrogens (tertiary/aromatic N) is 2. The van der Waals surface area contributed by atoms with Crippen molar-refractivity contribution in [3.8, 4) is 17.6 Å². The largest absolute Gasteiger partial charge is 0.503 e. The number of aromatic hydroxyl groups is 1. The molecule has 0 aliphatic heterocycles. The summed E-state index contributed by atoms with van der Waals surface area (Å²) in [6, 6.07) is 9.61. The maximum Gasteiger partial charge on any atom is 0.270 e. The van der Waals surface area contributed by atoms with Crippen molar-refractivity contribution in [2.24, 2.45) is 0 Å². The van der Waals surface area contributed by atoms with Gasteiger partial charge >= 0.3 is 0 Å². The second-order valence-corrected chi connectivity index (χ2v) is 5.27. The van der Waals surface area contributed by atoms with E-state index in [0.717, 1.165) is 6.07 Å². The highest BCUT2D eigenvalue weighted by Gasteiger charge is 2.16. The van der Waals surface area contributed by atoms with Crippen molar-refractivity contribution < 1.29 is 19.6 Å². The zero-order valence-electron chi connectivity index (χ0n) is 12.9. The molecule has 2 rings (SSSR count). The summed E-state index contributed by atoms with van der Waals surface area (Å²) in [5.74, 6) is -0.849. The highest BCUT2D eigenvalue weighted by Crippen LogP contribution is 2.35. The summed E-state index contributed by atoms with van der Waals surface area (Å²) in [7, 11) is 1.33. The van der Waals surface area contributed by atoms with Crippen LogP contribution in [0.1, 0.15) is 15.9 Å². The summed E-state index contributed by atoms with van der Waals surface area (Å²) >= 11 is 5.87. The van der Waals surface area contributed by atoms with Gasteiger partial charge in [0.25, 0.3) is 5.69 Å². The Hall–Kier alpha value is -3.37. The Morgan fingerprint density at radius 3 is 2.72 bits per heavy atom. The lowest BCUT2D eigenvalue weighted by Crippen LogP contribution is -2.03. The maximum absolute atomic E-state index is 12.4. The quantitative estimate of drug-likeness (QED) is 0.286. The molecule has 0 saturated heterocycles. The van der Waals surface area contributed by atoms with Crippen LogP contribution in [0.2, 0.25) is 5.02 Å². The first-order valence-corrected chi connectivity index (χ1v) is 7.22. The van der Waals surface area contributed by atoms with Gasteiger partial charge in [-0.15, -0.1) is 0 Å². The van der Waals surface area contributed by atoms with Crippen LogP contribution in [-0.2, 0) is 0 Å². The van der Waals surface area contributed by atoms with Gasteiger partial charge in [-0.25, -0.2) is 0 Å². The molecule has 2 aromatic rings. The minimum atomic E-state index is -0.672. The van der Waals surface area contributed by atoms with Gasteiger partial charge < -0.3 is 9.84 Å². The van der Waals surface area contributed by atoms with Gasteiger partial charge in [-0.1, -0.05) is 23.7 Å². The van der Waals surface area contributed by atoms with Crippen LogP contribution in [0.15, 0.2) is 42.0 Å². The van der Waals surface area contributed by atoms with E-state index in [-0.39, 0.29) is 33.3 Å². The molecule has 126 valence electrons.